The second kappa shape index (κ2) is 5.82. The molecular weight excluding hydrogens is 236 g/mol. The van der Waals surface area contributed by atoms with Crippen LogP contribution >= 0.6 is 0 Å². The molecule has 1 aliphatic carbocycles. The fraction of sp³-hybridized carbons (Fsp3) is 0.938. The highest BCUT2D eigenvalue weighted by Crippen LogP contribution is 2.32. The van der Waals surface area contributed by atoms with Gasteiger partial charge in [-0.25, -0.2) is 0 Å². The molecule has 3 aliphatic heterocycles. The number of carbonyl (C=O) groups is 1. The molecule has 19 heavy (non-hydrogen) atoms. The van der Waals surface area contributed by atoms with Gasteiger partial charge in [0.1, 0.15) is 0 Å². The Bertz CT molecular complexity index is 301. The lowest BCUT2D eigenvalue weighted by Crippen LogP contribution is -2.43. The van der Waals surface area contributed by atoms with Crippen molar-refractivity contribution in [1.82, 2.24) is 10.2 Å². The number of rotatable bonds is 2. The zero-order valence-corrected chi connectivity index (χ0v) is 12.2. The standard InChI is InChI=1S/C16H28N2O/c1-2-12-3-6-14(7-4-12)16(19)18-10-13-5-8-15(11-18)17-9-13/h12-15,17H,2-11H2,1H3/t12?,13-,14?,15-/m0/s1. The summed E-state index contributed by atoms with van der Waals surface area (Å²) in [6, 6.07) is 0.565. The van der Waals surface area contributed by atoms with Crippen molar-refractivity contribution in [2.75, 3.05) is 19.6 Å². The van der Waals surface area contributed by atoms with Gasteiger partial charge in [-0.2, -0.15) is 0 Å². The lowest BCUT2D eigenvalue weighted by atomic mass is 9.80. The molecule has 0 aromatic rings. The molecular formula is C16H28N2O. The Morgan fingerprint density at radius 1 is 1.11 bits per heavy atom. The Morgan fingerprint density at radius 2 is 1.89 bits per heavy atom. The predicted octanol–water partition coefficient (Wildman–Crippen LogP) is 2.41. The van der Waals surface area contributed by atoms with E-state index in [2.05, 4.69) is 17.1 Å². The third-order valence-electron chi connectivity index (χ3n) is 5.62. The summed E-state index contributed by atoms with van der Waals surface area (Å²) in [6.07, 6.45) is 8.67. The van der Waals surface area contributed by atoms with Crippen LogP contribution in [0.3, 0.4) is 0 Å². The highest BCUT2D eigenvalue weighted by atomic mass is 16.2. The number of fused-ring (bicyclic) bond motifs is 4. The Labute approximate surface area is 117 Å². The first-order chi connectivity index (χ1) is 9.26. The molecule has 0 unspecified atom stereocenters. The van der Waals surface area contributed by atoms with E-state index in [-0.39, 0.29) is 0 Å². The maximum Gasteiger partial charge on any atom is 0.225 e. The van der Waals surface area contributed by atoms with Crippen LogP contribution < -0.4 is 5.32 Å². The van der Waals surface area contributed by atoms with Gasteiger partial charge in [0, 0.05) is 25.0 Å². The van der Waals surface area contributed by atoms with E-state index in [4.69, 9.17) is 0 Å². The maximum absolute atomic E-state index is 12.7. The van der Waals surface area contributed by atoms with Crippen LogP contribution in [0.4, 0.5) is 0 Å². The first kappa shape index (κ1) is 13.4. The molecule has 3 saturated heterocycles. The molecule has 0 radical (unpaired) electrons. The highest BCUT2D eigenvalue weighted by molar-refractivity contribution is 5.79. The van der Waals surface area contributed by atoms with E-state index in [0.717, 1.165) is 38.4 Å². The third-order valence-corrected chi connectivity index (χ3v) is 5.62. The summed E-state index contributed by atoms with van der Waals surface area (Å²) in [5.41, 5.74) is 0. The summed E-state index contributed by atoms with van der Waals surface area (Å²) in [5.74, 6) is 2.39. The molecule has 4 aliphatic rings. The molecule has 0 aromatic carbocycles. The van der Waals surface area contributed by atoms with Gasteiger partial charge in [-0.3, -0.25) is 4.79 Å². The van der Waals surface area contributed by atoms with E-state index in [1.807, 2.05) is 0 Å². The number of hydrogen-bond donors (Lipinski definition) is 1. The smallest absolute Gasteiger partial charge is 0.225 e. The monoisotopic (exact) mass is 264 g/mol. The summed E-state index contributed by atoms with van der Waals surface area (Å²) in [7, 11) is 0. The summed E-state index contributed by atoms with van der Waals surface area (Å²) < 4.78 is 0. The molecule has 108 valence electrons. The number of hydrogen-bond acceptors (Lipinski definition) is 2. The molecule has 4 fully saturated rings. The molecule has 0 aromatic heterocycles. The first-order valence-electron chi connectivity index (χ1n) is 8.28. The van der Waals surface area contributed by atoms with E-state index in [9.17, 15) is 4.79 Å². The van der Waals surface area contributed by atoms with Crippen LogP contribution in [0.15, 0.2) is 0 Å². The second-order valence-corrected chi connectivity index (χ2v) is 6.92. The molecule has 3 heterocycles. The van der Waals surface area contributed by atoms with E-state index < -0.39 is 0 Å². The minimum atomic E-state index is 0.334. The van der Waals surface area contributed by atoms with Crippen molar-refractivity contribution in [2.45, 2.75) is 57.9 Å². The molecule has 3 heteroatoms. The average Bonchev–Trinajstić information content (AvgIpc) is 2.80. The first-order valence-corrected chi connectivity index (χ1v) is 8.28. The van der Waals surface area contributed by atoms with E-state index in [1.165, 1.54) is 32.1 Å². The van der Waals surface area contributed by atoms with Crippen molar-refractivity contribution in [3.8, 4) is 0 Å². The van der Waals surface area contributed by atoms with Crippen LogP contribution in [0.2, 0.25) is 0 Å². The topological polar surface area (TPSA) is 32.3 Å². The molecule has 2 atom stereocenters. The minimum Gasteiger partial charge on any atom is -0.341 e. The fourth-order valence-corrected chi connectivity index (χ4v) is 4.19. The SMILES string of the molecule is CCC1CCC(C(=O)N2C[C@H]3CC[C@@H](C2)NC3)CC1. The lowest BCUT2D eigenvalue weighted by molar-refractivity contribution is -0.137. The van der Waals surface area contributed by atoms with E-state index in [1.54, 1.807) is 0 Å². The normalized spacial score (nSPS) is 39.1. The minimum absolute atomic E-state index is 0.334. The van der Waals surface area contributed by atoms with Gasteiger partial charge in [-0.1, -0.05) is 13.3 Å². The van der Waals surface area contributed by atoms with Crippen molar-refractivity contribution < 1.29 is 4.79 Å². The van der Waals surface area contributed by atoms with Crippen LogP contribution in [-0.4, -0.2) is 36.5 Å². The van der Waals surface area contributed by atoms with Gasteiger partial charge in [-0.05, 0) is 56.9 Å². The molecule has 1 amide bonds. The predicted molar refractivity (Wildman–Crippen MR) is 76.8 cm³/mol. The van der Waals surface area contributed by atoms with Crippen molar-refractivity contribution in [3.63, 3.8) is 0 Å². The van der Waals surface area contributed by atoms with Gasteiger partial charge in [0.15, 0.2) is 0 Å². The van der Waals surface area contributed by atoms with Crippen LogP contribution in [0.5, 0.6) is 0 Å². The van der Waals surface area contributed by atoms with Gasteiger partial charge < -0.3 is 10.2 Å². The number of amides is 1. The molecule has 1 saturated carbocycles. The summed E-state index contributed by atoms with van der Waals surface area (Å²) in [5, 5.41) is 3.59. The number of carbonyl (C=O) groups excluding carboxylic acids is 1. The van der Waals surface area contributed by atoms with Crippen molar-refractivity contribution in [3.05, 3.63) is 0 Å². The van der Waals surface area contributed by atoms with Crippen molar-refractivity contribution in [1.29, 1.82) is 0 Å². The maximum atomic E-state index is 12.7. The highest BCUT2D eigenvalue weighted by Gasteiger charge is 2.35. The Hall–Kier alpha value is -0.570. The van der Waals surface area contributed by atoms with Crippen LogP contribution in [0, 0.1) is 17.8 Å². The molecule has 1 N–H and O–H groups in total. The molecule has 4 rings (SSSR count). The summed E-state index contributed by atoms with van der Waals surface area (Å²) in [6.45, 7) is 5.38. The van der Waals surface area contributed by atoms with Crippen LogP contribution in [0.25, 0.3) is 0 Å². The van der Waals surface area contributed by atoms with Crippen LogP contribution in [0.1, 0.15) is 51.9 Å². The van der Waals surface area contributed by atoms with Gasteiger partial charge in [0.2, 0.25) is 5.91 Å². The summed E-state index contributed by atoms with van der Waals surface area (Å²) in [4.78, 5) is 14.9. The van der Waals surface area contributed by atoms with Gasteiger partial charge in [0.25, 0.3) is 0 Å². The molecule has 0 spiro atoms. The molecule has 2 bridgehead atoms. The van der Waals surface area contributed by atoms with Crippen molar-refractivity contribution >= 4 is 5.91 Å². The van der Waals surface area contributed by atoms with E-state index >= 15 is 0 Å². The Kier molecular flexibility index (Phi) is 4.11. The Balaban J connectivity index is 1.58. The summed E-state index contributed by atoms with van der Waals surface area (Å²) >= 11 is 0. The third kappa shape index (κ3) is 2.96. The quantitative estimate of drug-likeness (QED) is 0.830. The second-order valence-electron chi connectivity index (χ2n) is 6.92. The van der Waals surface area contributed by atoms with Crippen molar-refractivity contribution in [2.24, 2.45) is 17.8 Å². The largest absolute Gasteiger partial charge is 0.341 e. The number of nitrogens with zero attached hydrogens (tertiary/aromatic N) is 1. The Morgan fingerprint density at radius 3 is 2.53 bits per heavy atom. The number of nitrogens with one attached hydrogen (secondary N) is 1. The van der Waals surface area contributed by atoms with Crippen LogP contribution in [-0.2, 0) is 4.79 Å². The van der Waals surface area contributed by atoms with Gasteiger partial charge in [0.05, 0.1) is 0 Å². The average molecular weight is 264 g/mol. The molecule has 3 nitrogen and oxygen atoms in total. The van der Waals surface area contributed by atoms with Gasteiger partial charge in [-0.15, -0.1) is 0 Å². The van der Waals surface area contributed by atoms with Gasteiger partial charge >= 0.3 is 0 Å². The fourth-order valence-electron chi connectivity index (χ4n) is 4.19. The number of piperidine rings is 1. The zero-order chi connectivity index (χ0) is 13.2. The lowest BCUT2D eigenvalue weighted by Gasteiger charge is -2.32. The zero-order valence-electron chi connectivity index (χ0n) is 12.2. The van der Waals surface area contributed by atoms with E-state index in [0.29, 0.717) is 23.8 Å².